The van der Waals surface area contributed by atoms with E-state index in [0.717, 1.165) is 24.2 Å². The van der Waals surface area contributed by atoms with Crippen LogP contribution in [0.4, 0.5) is 11.5 Å². The Morgan fingerprint density at radius 2 is 2.08 bits per heavy atom. The van der Waals surface area contributed by atoms with Crippen LogP contribution >= 0.6 is 0 Å². The number of anilines is 2. The molecule has 0 atom stereocenters. The van der Waals surface area contributed by atoms with Crippen molar-refractivity contribution in [3.63, 3.8) is 0 Å². The van der Waals surface area contributed by atoms with Crippen molar-refractivity contribution in [3.8, 4) is 0 Å². The summed E-state index contributed by atoms with van der Waals surface area (Å²) in [5.41, 5.74) is 1.57. The number of hydrogen-bond acceptors (Lipinski definition) is 6. The maximum atomic E-state index is 11.9. The van der Waals surface area contributed by atoms with Crippen LogP contribution in [-0.2, 0) is 25.5 Å². The topological polar surface area (TPSA) is 102 Å². The predicted octanol–water partition coefficient (Wildman–Crippen LogP) is 1.83. The van der Waals surface area contributed by atoms with Crippen LogP contribution in [0, 0.1) is 6.92 Å². The van der Waals surface area contributed by atoms with Gasteiger partial charge in [-0.2, -0.15) is 0 Å². The van der Waals surface area contributed by atoms with Gasteiger partial charge in [0, 0.05) is 24.7 Å². The average Bonchev–Trinajstić information content (AvgIpc) is 3.22. The zero-order valence-electron chi connectivity index (χ0n) is 14.4. The molecule has 26 heavy (non-hydrogen) atoms. The SMILES string of the molecule is Cc1cc(NC(=O)COC(=O)Cc2ccc(N3CCCC3=O)cc2)no1. The van der Waals surface area contributed by atoms with E-state index in [1.165, 1.54) is 0 Å². The predicted molar refractivity (Wildman–Crippen MR) is 92.6 cm³/mol. The first-order chi connectivity index (χ1) is 12.5. The number of carbonyl (C=O) groups excluding carboxylic acids is 3. The fourth-order valence-corrected chi connectivity index (χ4v) is 2.68. The molecule has 0 aliphatic carbocycles. The van der Waals surface area contributed by atoms with Crippen molar-refractivity contribution >= 4 is 29.3 Å². The van der Waals surface area contributed by atoms with E-state index in [0.29, 0.717) is 12.2 Å². The van der Waals surface area contributed by atoms with Gasteiger partial charge in [-0.25, -0.2) is 0 Å². The van der Waals surface area contributed by atoms with Crippen LogP contribution in [0.15, 0.2) is 34.9 Å². The van der Waals surface area contributed by atoms with Gasteiger partial charge in [0.25, 0.3) is 5.91 Å². The Bertz CT molecular complexity index is 812. The van der Waals surface area contributed by atoms with E-state index in [4.69, 9.17) is 9.26 Å². The molecular weight excluding hydrogens is 338 g/mol. The molecule has 1 N–H and O–H groups in total. The Kier molecular flexibility index (Phi) is 5.31. The van der Waals surface area contributed by atoms with Gasteiger partial charge >= 0.3 is 5.97 Å². The molecule has 3 rings (SSSR count). The Morgan fingerprint density at radius 3 is 2.69 bits per heavy atom. The first-order valence-electron chi connectivity index (χ1n) is 8.29. The van der Waals surface area contributed by atoms with E-state index in [1.807, 2.05) is 12.1 Å². The Hall–Kier alpha value is -3.16. The zero-order chi connectivity index (χ0) is 18.5. The normalized spacial score (nSPS) is 13.7. The third-order valence-electron chi connectivity index (χ3n) is 3.93. The number of hydrogen-bond donors (Lipinski definition) is 1. The number of benzene rings is 1. The highest BCUT2D eigenvalue weighted by Gasteiger charge is 2.21. The largest absolute Gasteiger partial charge is 0.455 e. The third-order valence-corrected chi connectivity index (χ3v) is 3.93. The lowest BCUT2D eigenvalue weighted by atomic mass is 10.1. The summed E-state index contributed by atoms with van der Waals surface area (Å²) in [5, 5.41) is 6.09. The molecule has 1 aliphatic heterocycles. The highest BCUT2D eigenvalue weighted by Crippen LogP contribution is 2.21. The van der Waals surface area contributed by atoms with E-state index >= 15 is 0 Å². The molecule has 0 saturated carbocycles. The molecule has 2 aromatic rings. The van der Waals surface area contributed by atoms with Crippen LogP contribution in [0.2, 0.25) is 0 Å². The van der Waals surface area contributed by atoms with Crippen LogP contribution in [0.25, 0.3) is 0 Å². The van der Waals surface area contributed by atoms with Gasteiger partial charge in [0.15, 0.2) is 12.4 Å². The minimum absolute atomic E-state index is 0.0462. The molecule has 0 unspecified atom stereocenters. The molecule has 0 bridgehead atoms. The van der Waals surface area contributed by atoms with Gasteiger partial charge in [0.05, 0.1) is 6.42 Å². The number of nitrogens with one attached hydrogen (secondary N) is 1. The van der Waals surface area contributed by atoms with Gasteiger partial charge in [-0.3, -0.25) is 14.4 Å². The van der Waals surface area contributed by atoms with Crippen LogP contribution in [-0.4, -0.2) is 36.1 Å². The molecule has 0 radical (unpaired) electrons. The first kappa shape index (κ1) is 17.7. The van der Waals surface area contributed by atoms with Gasteiger partial charge in [0.1, 0.15) is 5.76 Å². The zero-order valence-corrected chi connectivity index (χ0v) is 14.4. The smallest absolute Gasteiger partial charge is 0.310 e. The minimum atomic E-state index is -0.513. The van der Waals surface area contributed by atoms with Crippen molar-refractivity contribution in [1.29, 1.82) is 0 Å². The van der Waals surface area contributed by atoms with Crippen molar-refractivity contribution < 1.29 is 23.6 Å². The molecule has 0 spiro atoms. The summed E-state index contributed by atoms with van der Waals surface area (Å²) < 4.78 is 9.79. The van der Waals surface area contributed by atoms with Gasteiger partial charge < -0.3 is 19.5 Å². The summed E-state index contributed by atoms with van der Waals surface area (Å²) in [5.74, 6) is -0.0477. The highest BCUT2D eigenvalue weighted by atomic mass is 16.5. The second kappa shape index (κ2) is 7.81. The van der Waals surface area contributed by atoms with Gasteiger partial charge in [-0.15, -0.1) is 0 Å². The molecule has 1 aromatic carbocycles. The lowest BCUT2D eigenvalue weighted by Crippen LogP contribution is -2.23. The minimum Gasteiger partial charge on any atom is -0.455 e. The van der Waals surface area contributed by atoms with E-state index in [-0.39, 0.29) is 18.1 Å². The number of carbonyl (C=O) groups is 3. The number of rotatable bonds is 6. The monoisotopic (exact) mass is 357 g/mol. The van der Waals surface area contributed by atoms with Crippen LogP contribution < -0.4 is 10.2 Å². The van der Waals surface area contributed by atoms with Crippen molar-refractivity contribution in [1.82, 2.24) is 5.16 Å². The highest BCUT2D eigenvalue weighted by molar-refractivity contribution is 5.95. The quantitative estimate of drug-likeness (QED) is 0.792. The van der Waals surface area contributed by atoms with E-state index < -0.39 is 18.5 Å². The third kappa shape index (κ3) is 4.47. The van der Waals surface area contributed by atoms with Crippen molar-refractivity contribution in [3.05, 3.63) is 41.7 Å². The summed E-state index contributed by atoms with van der Waals surface area (Å²) in [4.78, 5) is 37.0. The summed E-state index contributed by atoms with van der Waals surface area (Å²) in [6.07, 6.45) is 1.48. The second-order valence-corrected chi connectivity index (χ2v) is 6.02. The molecule has 1 fully saturated rings. The van der Waals surface area contributed by atoms with Gasteiger partial charge in [-0.05, 0) is 31.0 Å². The van der Waals surface area contributed by atoms with E-state index in [2.05, 4.69) is 10.5 Å². The lowest BCUT2D eigenvalue weighted by molar-refractivity contribution is -0.146. The second-order valence-electron chi connectivity index (χ2n) is 6.02. The molecule has 8 nitrogen and oxygen atoms in total. The van der Waals surface area contributed by atoms with Gasteiger partial charge in [-0.1, -0.05) is 17.3 Å². The molecule has 8 heteroatoms. The maximum absolute atomic E-state index is 11.9. The first-order valence-corrected chi connectivity index (χ1v) is 8.29. The lowest BCUT2D eigenvalue weighted by Gasteiger charge is -2.15. The standard InChI is InChI=1S/C18H19N3O5/c1-12-9-15(20-26-12)19-16(22)11-25-18(24)10-13-4-6-14(7-5-13)21-8-2-3-17(21)23/h4-7,9H,2-3,8,10-11H2,1H3,(H,19,20,22). The molecule has 2 heterocycles. The summed E-state index contributed by atoms with van der Waals surface area (Å²) in [6.45, 7) is 2.03. The fourth-order valence-electron chi connectivity index (χ4n) is 2.68. The molecule has 1 saturated heterocycles. The summed E-state index contributed by atoms with van der Waals surface area (Å²) >= 11 is 0. The number of amides is 2. The van der Waals surface area contributed by atoms with Crippen LogP contribution in [0.3, 0.4) is 0 Å². The number of aromatic nitrogens is 1. The molecule has 136 valence electrons. The fraction of sp³-hybridized carbons (Fsp3) is 0.333. The van der Waals surface area contributed by atoms with E-state index in [1.54, 1.807) is 30.0 Å². The number of aryl methyl sites for hydroxylation is 1. The molecule has 2 amide bonds. The Morgan fingerprint density at radius 1 is 1.31 bits per heavy atom. The maximum Gasteiger partial charge on any atom is 0.310 e. The van der Waals surface area contributed by atoms with Gasteiger partial charge in [0.2, 0.25) is 5.91 Å². The summed E-state index contributed by atoms with van der Waals surface area (Å²) in [7, 11) is 0. The molecular formula is C18H19N3O5. The summed E-state index contributed by atoms with van der Waals surface area (Å²) in [6, 6.07) is 8.74. The molecule has 1 aromatic heterocycles. The number of nitrogens with zero attached hydrogens (tertiary/aromatic N) is 2. The van der Waals surface area contributed by atoms with Crippen LogP contribution in [0.1, 0.15) is 24.2 Å². The van der Waals surface area contributed by atoms with Crippen molar-refractivity contribution in [2.75, 3.05) is 23.4 Å². The average molecular weight is 357 g/mol. The van der Waals surface area contributed by atoms with Crippen LogP contribution in [0.5, 0.6) is 0 Å². The Balaban J connectivity index is 1.45. The van der Waals surface area contributed by atoms with Crippen molar-refractivity contribution in [2.45, 2.75) is 26.2 Å². The Labute approximate surface area is 150 Å². The molecule has 1 aliphatic rings. The van der Waals surface area contributed by atoms with Crippen molar-refractivity contribution in [2.24, 2.45) is 0 Å². The number of esters is 1. The number of ether oxygens (including phenoxy) is 1. The van der Waals surface area contributed by atoms with E-state index in [9.17, 15) is 14.4 Å².